The molecule has 0 fully saturated rings. The normalized spacial score (nSPS) is 11.3. The molecule has 0 saturated carbocycles. The number of carbonyl (C=O) groups excluding carboxylic acids is 2. The highest BCUT2D eigenvalue weighted by Gasteiger charge is 2.11. The Morgan fingerprint density at radius 3 is 1.04 bits per heavy atom. The van der Waals surface area contributed by atoms with Gasteiger partial charge in [0.25, 0.3) is 0 Å². The van der Waals surface area contributed by atoms with Crippen LogP contribution in [0.1, 0.15) is 160 Å². The zero-order valence-corrected chi connectivity index (χ0v) is 40.8. The highest BCUT2D eigenvalue weighted by molar-refractivity contribution is 5.92. The van der Waals surface area contributed by atoms with E-state index in [1.165, 1.54) is 101 Å². The number of rotatable bonds is 30. The van der Waals surface area contributed by atoms with Crippen LogP contribution in [0.25, 0.3) is 0 Å². The Morgan fingerprint density at radius 2 is 0.696 bits per heavy atom. The third-order valence-corrected chi connectivity index (χ3v) is 11.9. The molecule has 360 valence electrons. The summed E-state index contributed by atoms with van der Waals surface area (Å²) in [5, 5.41) is 0. The zero-order valence-electron chi connectivity index (χ0n) is 40.8. The summed E-state index contributed by atoms with van der Waals surface area (Å²) < 4.78 is 23.0. The summed E-state index contributed by atoms with van der Waals surface area (Å²) in [6.45, 7) is 5.86. The van der Waals surface area contributed by atoms with Crippen LogP contribution in [0.5, 0.6) is 23.0 Å². The van der Waals surface area contributed by atoms with Gasteiger partial charge in [-0.15, -0.1) is 0 Å². The van der Waals surface area contributed by atoms with Crippen LogP contribution in [0.15, 0.2) is 156 Å². The predicted molar refractivity (Wildman–Crippen MR) is 282 cm³/mol. The number of nitrogens with zero attached hydrogens (tertiary/aromatic N) is 2. The van der Waals surface area contributed by atoms with Gasteiger partial charge in [-0.3, -0.25) is 9.98 Å². The number of hydrogen-bond donors (Lipinski definition) is 0. The molecule has 0 radical (unpaired) electrons. The van der Waals surface area contributed by atoms with Gasteiger partial charge in [-0.25, -0.2) is 9.59 Å². The van der Waals surface area contributed by atoms with Crippen molar-refractivity contribution in [3.05, 3.63) is 179 Å². The maximum absolute atomic E-state index is 12.8. The Balaban J connectivity index is 0.862. The third kappa shape index (κ3) is 19.4. The molecule has 8 nitrogen and oxygen atoms in total. The van der Waals surface area contributed by atoms with E-state index in [0.29, 0.717) is 35.8 Å². The second kappa shape index (κ2) is 29.8. The molecule has 0 N–H and O–H groups in total. The van der Waals surface area contributed by atoms with Gasteiger partial charge in [-0.2, -0.15) is 0 Å². The minimum Gasteiger partial charge on any atom is -0.494 e. The van der Waals surface area contributed by atoms with E-state index in [2.05, 4.69) is 48.1 Å². The summed E-state index contributed by atoms with van der Waals surface area (Å²) in [5.74, 6) is 1.63. The van der Waals surface area contributed by atoms with E-state index < -0.39 is 11.9 Å². The van der Waals surface area contributed by atoms with Crippen LogP contribution in [0.4, 0.5) is 11.4 Å². The maximum atomic E-state index is 12.8. The third-order valence-electron chi connectivity index (χ3n) is 11.9. The first-order valence-electron chi connectivity index (χ1n) is 25.3. The number of ether oxygens (including phenoxy) is 4. The first-order chi connectivity index (χ1) is 33.9. The smallest absolute Gasteiger partial charge is 0.343 e. The van der Waals surface area contributed by atoms with Crippen molar-refractivity contribution in [2.24, 2.45) is 9.98 Å². The standard InChI is InChI=1S/C61H70N2O6/c1-3-5-7-9-11-13-15-17-43-66-56-39-27-52(28-40-56)60(64)68-58-35-23-50(24-36-58)46-62-54-31-19-48(20-32-54)45-49-21-33-55(34-22-49)63-47-51-25-37-59(38-26-51)69-61(65)53-29-41-57(42-30-53)67-44-18-16-14-12-10-8-6-4-2/h19-42,46-47H,3-18,43-45H2,1-2H3. The molecule has 6 rings (SSSR count). The lowest BCUT2D eigenvalue weighted by atomic mass is 10.0. The van der Waals surface area contributed by atoms with Gasteiger partial charge in [0.2, 0.25) is 0 Å². The fourth-order valence-electron chi connectivity index (χ4n) is 7.74. The number of esters is 2. The van der Waals surface area contributed by atoms with Crippen molar-refractivity contribution in [3.8, 4) is 23.0 Å². The lowest BCUT2D eigenvalue weighted by Crippen LogP contribution is -2.08. The quantitative estimate of drug-likeness (QED) is 0.0193. The van der Waals surface area contributed by atoms with E-state index >= 15 is 0 Å². The van der Waals surface area contributed by atoms with Crippen molar-refractivity contribution in [2.75, 3.05) is 13.2 Å². The second-order valence-corrected chi connectivity index (χ2v) is 17.6. The van der Waals surface area contributed by atoms with Gasteiger partial charge in [-0.1, -0.05) is 128 Å². The maximum Gasteiger partial charge on any atom is 0.343 e. The highest BCUT2D eigenvalue weighted by Crippen LogP contribution is 2.22. The van der Waals surface area contributed by atoms with Gasteiger partial charge in [0, 0.05) is 12.4 Å². The molecule has 0 saturated heterocycles. The molecule has 0 aliphatic heterocycles. The molecule has 0 unspecified atom stereocenters. The average Bonchev–Trinajstić information content (AvgIpc) is 3.38. The number of hydrogen-bond acceptors (Lipinski definition) is 8. The van der Waals surface area contributed by atoms with E-state index in [4.69, 9.17) is 18.9 Å². The van der Waals surface area contributed by atoms with Crippen molar-refractivity contribution >= 4 is 35.7 Å². The Kier molecular flexibility index (Phi) is 22.3. The molecule has 6 aromatic carbocycles. The molecule has 8 heteroatoms. The summed E-state index contributed by atoms with van der Waals surface area (Å²) >= 11 is 0. The van der Waals surface area contributed by atoms with Crippen LogP contribution < -0.4 is 18.9 Å². The monoisotopic (exact) mass is 927 g/mol. The summed E-state index contributed by atoms with van der Waals surface area (Å²) in [6, 6.07) is 45.2. The fourth-order valence-corrected chi connectivity index (χ4v) is 7.74. The molecule has 0 aliphatic carbocycles. The number of aliphatic imine (C=N–C) groups is 2. The van der Waals surface area contributed by atoms with Gasteiger partial charge < -0.3 is 18.9 Å². The van der Waals surface area contributed by atoms with E-state index in [1.54, 1.807) is 61.0 Å². The van der Waals surface area contributed by atoms with Crippen molar-refractivity contribution in [2.45, 2.75) is 123 Å². The minimum absolute atomic E-state index is 0.413. The Bertz CT molecular complexity index is 2270. The van der Waals surface area contributed by atoms with Crippen molar-refractivity contribution in [1.29, 1.82) is 0 Å². The van der Waals surface area contributed by atoms with Crippen LogP contribution >= 0.6 is 0 Å². The van der Waals surface area contributed by atoms with E-state index in [1.807, 2.05) is 72.8 Å². The Labute approximate surface area is 410 Å². The van der Waals surface area contributed by atoms with Gasteiger partial charge >= 0.3 is 11.9 Å². The number of carbonyl (C=O) groups is 2. The fraction of sp³-hybridized carbons (Fsp3) is 0.344. The van der Waals surface area contributed by atoms with Gasteiger partial charge in [0.1, 0.15) is 23.0 Å². The second-order valence-electron chi connectivity index (χ2n) is 17.6. The van der Waals surface area contributed by atoms with E-state index in [9.17, 15) is 9.59 Å². The summed E-state index contributed by atoms with van der Waals surface area (Å²) in [6.07, 6.45) is 24.5. The van der Waals surface area contributed by atoms with Crippen LogP contribution in [-0.4, -0.2) is 37.6 Å². The van der Waals surface area contributed by atoms with Gasteiger partial charge in [-0.05, 0) is 163 Å². The largest absolute Gasteiger partial charge is 0.494 e. The lowest BCUT2D eigenvalue weighted by molar-refractivity contribution is 0.0725. The molecule has 0 bridgehead atoms. The minimum atomic E-state index is -0.413. The molecular formula is C61H70N2O6. The molecule has 0 atom stereocenters. The molecule has 6 aromatic rings. The topological polar surface area (TPSA) is 95.8 Å². The van der Waals surface area contributed by atoms with Gasteiger partial charge in [0.15, 0.2) is 0 Å². The number of unbranched alkanes of at least 4 members (excludes halogenated alkanes) is 14. The molecule has 0 spiro atoms. The van der Waals surface area contributed by atoms with Crippen LogP contribution in [0, 0.1) is 0 Å². The Morgan fingerprint density at radius 1 is 0.377 bits per heavy atom. The van der Waals surface area contributed by atoms with Gasteiger partial charge in [0.05, 0.1) is 35.7 Å². The summed E-state index contributed by atoms with van der Waals surface area (Å²) in [7, 11) is 0. The van der Waals surface area contributed by atoms with E-state index in [0.717, 1.165) is 53.3 Å². The first-order valence-corrected chi connectivity index (χ1v) is 25.3. The zero-order chi connectivity index (χ0) is 48.1. The van der Waals surface area contributed by atoms with E-state index in [-0.39, 0.29) is 0 Å². The molecule has 0 aromatic heterocycles. The molecular weight excluding hydrogens is 857 g/mol. The Hall–Kier alpha value is -6.80. The number of benzene rings is 6. The van der Waals surface area contributed by atoms with Crippen LogP contribution in [-0.2, 0) is 6.42 Å². The predicted octanol–water partition coefficient (Wildman–Crippen LogP) is 16.3. The van der Waals surface area contributed by atoms with Crippen molar-refractivity contribution in [1.82, 2.24) is 0 Å². The SMILES string of the molecule is CCCCCCCCCCOc1ccc(C(=O)Oc2ccc(C=Nc3ccc(Cc4ccc(N=Cc5ccc(OC(=O)c6ccc(OCCCCCCCCCC)cc6)cc5)cc4)cc3)cc2)cc1. The average molecular weight is 927 g/mol. The van der Waals surface area contributed by atoms with Crippen molar-refractivity contribution < 1.29 is 28.5 Å². The van der Waals surface area contributed by atoms with Crippen LogP contribution in [0.2, 0.25) is 0 Å². The summed E-state index contributed by atoms with van der Waals surface area (Å²) in [5.41, 5.74) is 6.77. The molecule has 0 heterocycles. The van der Waals surface area contributed by atoms with Crippen molar-refractivity contribution in [3.63, 3.8) is 0 Å². The molecule has 0 aliphatic rings. The summed E-state index contributed by atoms with van der Waals surface area (Å²) in [4.78, 5) is 34.9. The highest BCUT2D eigenvalue weighted by atomic mass is 16.5. The lowest BCUT2D eigenvalue weighted by Gasteiger charge is -2.08. The molecule has 69 heavy (non-hydrogen) atoms. The van der Waals surface area contributed by atoms with Crippen LogP contribution in [0.3, 0.4) is 0 Å². The molecule has 0 amide bonds. The first kappa shape index (κ1) is 51.6.